The smallest absolute Gasteiger partial charge is 0.328 e. The Bertz CT molecular complexity index is 394. The molecule has 0 saturated heterocycles. The molecule has 4 N–H and O–H groups in total. The summed E-state index contributed by atoms with van der Waals surface area (Å²) in [6.45, 7) is 1.51. The molecule has 0 aromatic carbocycles. The molecule has 2 unspecified atom stereocenters. The van der Waals surface area contributed by atoms with Gasteiger partial charge in [0.05, 0.1) is 12.6 Å². The van der Waals surface area contributed by atoms with E-state index in [0.717, 1.165) is 0 Å². The van der Waals surface area contributed by atoms with E-state index in [1.165, 1.54) is 7.11 Å². The Morgan fingerprint density at radius 1 is 1.50 bits per heavy atom. The van der Waals surface area contributed by atoms with Crippen molar-refractivity contribution in [1.29, 1.82) is 0 Å². The van der Waals surface area contributed by atoms with Gasteiger partial charge in [-0.05, 0) is 6.92 Å². The Labute approximate surface area is 102 Å². The number of H-pyrrole nitrogens is 1. The minimum atomic E-state index is -1.18. The molecule has 10 nitrogen and oxygen atoms in total. The lowest BCUT2D eigenvalue weighted by Gasteiger charge is -2.16. The second-order valence-corrected chi connectivity index (χ2v) is 3.46. The van der Waals surface area contributed by atoms with Gasteiger partial charge in [-0.2, -0.15) is 5.21 Å². The number of ether oxygens (including phenoxy) is 1. The summed E-state index contributed by atoms with van der Waals surface area (Å²) < 4.78 is 4.68. The number of hydrogen-bond acceptors (Lipinski definition) is 6. The van der Waals surface area contributed by atoms with Gasteiger partial charge in [0.1, 0.15) is 0 Å². The minimum Gasteiger partial charge on any atom is -0.480 e. The Kier molecular flexibility index (Phi) is 4.99. The van der Waals surface area contributed by atoms with E-state index in [2.05, 4.69) is 36.0 Å². The summed E-state index contributed by atoms with van der Waals surface area (Å²) in [6.07, 6.45) is 0. The lowest BCUT2D eigenvalue weighted by atomic mass is 10.3. The highest BCUT2D eigenvalue weighted by molar-refractivity contribution is 5.82. The number of carboxylic acids is 1. The second kappa shape index (κ2) is 6.49. The van der Waals surface area contributed by atoms with Crippen molar-refractivity contribution in [2.45, 2.75) is 19.0 Å². The zero-order valence-corrected chi connectivity index (χ0v) is 9.88. The Balaban J connectivity index is 2.47. The molecular weight excluding hydrogens is 244 g/mol. The van der Waals surface area contributed by atoms with E-state index in [9.17, 15) is 9.59 Å². The number of amides is 2. The maximum absolute atomic E-state index is 11.5. The lowest BCUT2D eigenvalue weighted by Crippen LogP contribution is -2.48. The normalized spacial score (nSPS) is 13.7. The van der Waals surface area contributed by atoms with Crippen LogP contribution in [0, 0.1) is 0 Å². The molecule has 0 spiro atoms. The average Bonchev–Trinajstić information content (AvgIpc) is 2.81. The van der Waals surface area contributed by atoms with Crippen molar-refractivity contribution in [2.24, 2.45) is 0 Å². The fourth-order valence-corrected chi connectivity index (χ4v) is 1.16. The maximum atomic E-state index is 11.5. The number of carboxylic acid groups (broad SMARTS) is 1. The van der Waals surface area contributed by atoms with Gasteiger partial charge in [0.25, 0.3) is 0 Å². The first-order valence-electron chi connectivity index (χ1n) is 5.06. The molecule has 0 radical (unpaired) electrons. The number of hydrogen-bond donors (Lipinski definition) is 4. The maximum Gasteiger partial charge on any atom is 0.328 e. The van der Waals surface area contributed by atoms with Crippen LogP contribution in [0.4, 0.5) is 4.79 Å². The highest BCUT2D eigenvalue weighted by Crippen LogP contribution is 2.02. The molecule has 2 atom stereocenters. The number of carbonyl (C=O) groups excluding carboxylic acids is 1. The summed E-state index contributed by atoms with van der Waals surface area (Å²) >= 11 is 0. The van der Waals surface area contributed by atoms with Crippen LogP contribution in [-0.2, 0) is 9.53 Å². The number of urea groups is 1. The third-order valence-corrected chi connectivity index (χ3v) is 2.03. The number of nitrogens with one attached hydrogen (secondary N) is 3. The van der Waals surface area contributed by atoms with Gasteiger partial charge in [-0.25, -0.2) is 9.59 Å². The summed E-state index contributed by atoms with van der Waals surface area (Å²) in [5.74, 6) is -0.886. The van der Waals surface area contributed by atoms with E-state index in [0.29, 0.717) is 5.82 Å². The standard InChI is InChI=1S/C8H14N6O4/c1-4(6-11-13-14-12-6)9-8(17)10-5(3-18-2)7(15)16/h4-5H,3H2,1-2H3,(H,15,16)(H2,9,10,17)(H,11,12,13,14). The Morgan fingerprint density at radius 2 is 2.22 bits per heavy atom. The summed E-state index contributed by atoms with van der Waals surface area (Å²) in [4.78, 5) is 22.3. The SMILES string of the molecule is COCC(NC(=O)NC(C)c1nn[nH]n1)C(=O)O. The van der Waals surface area contributed by atoms with Gasteiger partial charge in [-0.1, -0.05) is 5.21 Å². The largest absolute Gasteiger partial charge is 0.480 e. The fraction of sp³-hybridized carbons (Fsp3) is 0.625. The van der Waals surface area contributed by atoms with E-state index in [1.807, 2.05) is 0 Å². The number of carbonyl (C=O) groups is 2. The third kappa shape index (κ3) is 3.97. The lowest BCUT2D eigenvalue weighted by molar-refractivity contribution is -0.140. The van der Waals surface area contributed by atoms with E-state index >= 15 is 0 Å². The van der Waals surface area contributed by atoms with Crippen LogP contribution in [0.25, 0.3) is 0 Å². The van der Waals surface area contributed by atoms with Crippen LogP contribution in [0.1, 0.15) is 18.8 Å². The molecule has 100 valence electrons. The summed E-state index contributed by atoms with van der Waals surface area (Å²) in [7, 11) is 1.34. The molecule has 2 amide bonds. The van der Waals surface area contributed by atoms with E-state index in [-0.39, 0.29) is 6.61 Å². The predicted octanol–water partition coefficient (Wildman–Crippen LogP) is -1.34. The number of rotatable bonds is 6. The molecule has 1 heterocycles. The first-order valence-corrected chi connectivity index (χ1v) is 5.06. The molecule has 0 aliphatic heterocycles. The molecule has 0 bridgehead atoms. The monoisotopic (exact) mass is 258 g/mol. The van der Waals surface area contributed by atoms with Crippen molar-refractivity contribution in [1.82, 2.24) is 31.3 Å². The van der Waals surface area contributed by atoms with Crippen molar-refractivity contribution < 1.29 is 19.4 Å². The number of tetrazole rings is 1. The van der Waals surface area contributed by atoms with Gasteiger partial charge in [0.2, 0.25) is 0 Å². The highest BCUT2D eigenvalue weighted by Gasteiger charge is 2.21. The zero-order valence-electron chi connectivity index (χ0n) is 9.88. The van der Waals surface area contributed by atoms with Crippen LogP contribution < -0.4 is 10.6 Å². The molecule has 1 aromatic heterocycles. The number of aromatic amines is 1. The van der Waals surface area contributed by atoms with Gasteiger partial charge in [0, 0.05) is 7.11 Å². The number of aliphatic carboxylic acids is 1. The fourth-order valence-electron chi connectivity index (χ4n) is 1.16. The second-order valence-electron chi connectivity index (χ2n) is 3.46. The van der Waals surface area contributed by atoms with Crippen molar-refractivity contribution >= 4 is 12.0 Å². The quantitative estimate of drug-likeness (QED) is 0.494. The molecule has 1 aromatic rings. The van der Waals surface area contributed by atoms with E-state index in [4.69, 9.17) is 5.11 Å². The van der Waals surface area contributed by atoms with Crippen molar-refractivity contribution in [2.75, 3.05) is 13.7 Å². The Hall–Kier alpha value is -2.23. The summed E-state index contributed by atoms with van der Waals surface area (Å²) in [5.41, 5.74) is 0. The molecular formula is C8H14N6O4. The predicted molar refractivity (Wildman–Crippen MR) is 57.6 cm³/mol. The zero-order chi connectivity index (χ0) is 13.5. The van der Waals surface area contributed by atoms with E-state index in [1.54, 1.807) is 6.92 Å². The number of nitrogens with zero attached hydrogens (tertiary/aromatic N) is 3. The molecule has 0 aliphatic rings. The van der Waals surface area contributed by atoms with Crippen LogP contribution in [0.2, 0.25) is 0 Å². The van der Waals surface area contributed by atoms with Crippen LogP contribution >= 0.6 is 0 Å². The van der Waals surface area contributed by atoms with Crippen molar-refractivity contribution in [3.63, 3.8) is 0 Å². The molecule has 0 saturated carbocycles. The van der Waals surface area contributed by atoms with Gasteiger partial charge in [-0.15, -0.1) is 10.2 Å². The minimum absolute atomic E-state index is 0.126. The molecule has 0 fully saturated rings. The molecule has 18 heavy (non-hydrogen) atoms. The van der Waals surface area contributed by atoms with Gasteiger partial charge in [-0.3, -0.25) is 0 Å². The van der Waals surface area contributed by atoms with E-state index < -0.39 is 24.1 Å². The van der Waals surface area contributed by atoms with Gasteiger partial charge >= 0.3 is 12.0 Å². The molecule has 1 rings (SSSR count). The van der Waals surface area contributed by atoms with Gasteiger partial charge < -0.3 is 20.5 Å². The third-order valence-electron chi connectivity index (χ3n) is 2.03. The average molecular weight is 258 g/mol. The highest BCUT2D eigenvalue weighted by atomic mass is 16.5. The van der Waals surface area contributed by atoms with Crippen LogP contribution in [0.5, 0.6) is 0 Å². The number of methoxy groups -OCH3 is 1. The molecule has 10 heteroatoms. The first-order chi connectivity index (χ1) is 8.54. The van der Waals surface area contributed by atoms with Crippen molar-refractivity contribution in [3.8, 4) is 0 Å². The van der Waals surface area contributed by atoms with Crippen molar-refractivity contribution in [3.05, 3.63) is 5.82 Å². The summed E-state index contributed by atoms with van der Waals surface area (Å²) in [5, 5.41) is 26.5. The number of aromatic nitrogens is 4. The van der Waals surface area contributed by atoms with Crippen LogP contribution in [-0.4, -0.2) is 57.5 Å². The van der Waals surface area contributed by atoms with Crippen LogP contribution in [0.15, 0.2) is 0 Å². The topological polar surface area (TPSA) is 142 Å². The van der Waals surface area contributed by atoms with Gasteiger partial charge in [0.15, 0.2) is 11.9 Å². The first kappa shape index (κ1) is 13.8. The molecule has 0 aliphatic carbocycles. The Morgan fingerprint density at radius 3 is 2.72 bits per heavy atom. The van der Waals surface area contributed by atoms with Crippen LogP contribution in [0.3, 0.4) is 0 Å². The summed E-state index contributed by atoms with van der Waals surface area (Å²) in [6, 6.07) is -2.27.